The van der Waals surface area contributed by atoms with E-state index in [1.165, 1.54) is 22.8 Å². The fraction of sp³-hybridized carbons (Fsp3) is 0.533. The lowest BCUT2D eigenvalue weighted by molar-refractivity contribution is -0.148. The zero-order chi connectivity index (χ0) is 22.9. The summed E-state index contributed by atoms with van der Waals surface area (Å²) in [6, 6.07) is -2.60. The quantitative estimate of drug-likeness (QED) is 0.191. The predicted octanol–water partition coefficient (Wildman–Crippen LogP) is -1.28. The van der Waals surface area contributed by atoms with Gasteiger partial charge in [0.2, 0.25) is 5.91 Å². The molecule has 1 aromatic rings. The van der Waals surface area contributed by atoms with E-state index in [1.807, 2.05) is 0 Å². The van der Waals surface area contributed by atoms with Gasteiger partial charge in [0.05, 0.1) is 18.4 Å². The second-order valence-corrected chi connectivity index (χ2v) is 7.80. The molecule has 0 aromatic carbocycles. The van der Waals surface area contributed by atoms with Gasteiger partial charge in [0.25, 0.3) is 0 Å². The Labute approximate surface area is 176 Å². The van der Waals surface area contributed by atoms with Crippen LogP contribution in [-0.4, -0.2) is 70.0 Å². The summed E-state index contributed by atoms with van der Waals surface area (Å²) < 4.78 is 37.3. The number of aryl methyl sites for hydroxylation is 1. The van der Waals surface area contributed by atoms with Gasteiger partial charge in [0.1, 0.15) is 12.1 Å². The number of hydrogen-bond acceptors (Lipinski definition) is 9. The van der Waals surface area contributed by atoms with Gasteiger partial charge in [-0.3, -0.25) is 19.0 Å². The molecule has 0 radical (unpaired) electrons. The number of aromatic nitrogens is 2. The Hall–Kier alpha value is -3.24. The lowest BCUT2D eigenvalue weighted by Gasteiger charge is -2.31. The molecule has 3 rings (SSSR count). The predicted molar refractivity (Wildman–Crippen MR) is 101 cm³/mol. The standard InChI is InChI=1S/C15H21N7O8S/c1-17-14(19-29-11(24)5-3-4-10(16)23)13-12-8(6-18-20(12)2)9-7-21(13)15(25)22(9)30-31(26,27)28/h6,9,13H,3-5,7H2,1-2H3,(H2,16,23)(H,17,19)(H,26,27,28)/t9-,13-/m0/s1. The molecule has 3 heterocycles. The van der Waals surface area contributed by atoms with E-state index in [9.17, 15) is 22.8 Å². The number of nitrogens with one attached hydrogen (secondary N) is 1. The van der Waals surface area contributed by atoms with E-state index in [4.69, 9.17) is 15.1 Å². The molecule has 0 spiro atoms. The van der Waals surface area contributed by atoms with Crippen molar-refractivity contribution in [1.29, 1.82) is 0 Å². The van der Waals surface area contributed by atoms with Crippen LogP contribution >= 0.6 is 0 Å². The van der Waals surface area contributed by atoms with E-state index >= 15 is 0 Å². The number of carbonyl (C=O) groups excluding carboxylic acids is 3. The molecule has 2 aliphatic heterocycles. The average Bonchev–Trinajstić information content (AvgIpc) is 3.17. The molecular formula is C15H21N7O8S. The van der Waals surface area contributed by atoms with Crippen molar-refractivity contribution in [3.63, 3.8) is 0 Å². The number of fused-ring (bicyclic) bond motifs is 4. The number of hydroxylamine groups is 3. The van der Waals surface area contributed by atoms with E-state index in [1.54, 1.807) is 7.05 Å². The first-order chi connectivity index (χ1) is 14.5. The summed E-state index contributed by atoms with van der Waals surface area (Å²) in [5.41, 5.74) is 8.39. The summed E-state index contributed by atoms with van der Waals surface area (Å²) in [6.07, 6.45) is 1.59. The maximum absolute atomic E-state index is 12.8. The first kappa shape index (κ1) is 22.4. The number of primary amides is 1. The van der Waals surface area contributed by atoms with Crippen molar-refractivity contribution < 1.29 is 36.5 Å². The summed E-state index contributed by atoms with van der Waals surface area (Å²) in [5, 5.41) is 4.68. The Morgan fingerprint density at radius 1 is 1.42 bits per heavy atom. The van der Waals surface area contributed by atoms with Gasteiger partial charge in [-0.1, -0.05) is 0 Å². The van der Waals surface area contributed by atoms with E-state index in [2.05, 4.69) is 19.9 Å². The molecule has 4 N–H and O–H groups in total. The van der Waals surface area contributed by atoms with Crippen LogP contribution in [0.15, 0.2) is 11.2 Å². The van der Waals surface area contributed by atoms with Gasteiger partial charge in [-0.25, -0.2) is 15.1 Å². The highest BCUT2D eigenvalue weighted by molar-refractivity contribution is 7.80. The largest absolute Gasteiger partial charge is 0.418 e. The summed E-state index contributed by atoms with van der Waals surface area (Å²) >= 11 is 0. The van der Waals surface area contributed by atoms with Gasteiger partial charge in [-0.05, 0) is 6.42 Å². The molecule has 15 nitrogen and oxygen atoms in total. The van der Waals surface area contributed by atoms with Crippen LogP contribution in [0.5, 0.6) is 0 Å². The lowest BCUT2D eigenvalue weighted by Crippen LogP contribution is -2.45. The molecule has 2 aliphatic rings. The summed E-state index contributed by atoms with van der Waals surface area (Å²) in [4.78, 5) is 45.8. The zero-order valence-electron chi connectivity index (χ0n) is 16.6. The maximum atomic E-state index is 12.8. The van der Waals surface area contributed by atoms with Crippen LogP contribution < -0.4 is 11.2 Å². The monoisotopic (exact) mass is 459 g/mol. The number of amides is 3. The number of urea groups is 1. The van der Waals surface area contributed by atoms with Gasteiger partial charge >= 0.3 is 22.4 Å². The van der Waals surface area contributed by atoms with Crippen molar-refractivity contribution >= 4 is 34.1 Å². The molecule has 16 heteroatoms. The second kappa shape index (κ2) is 8.48. The molecule has 31 heavy (non-hydrogen) atoms. The highest BCUT2D eigenvalue weighted by atomic mass is 32.3. The van der Waals surface area contributed by atoms with Crippen molar-refractivity contribution in [2.24, 2.45) is 17.8 Å². The van der Waals surface area contributed by atoms with Crippen LogP contribution in [0, 0.1) is 0 Å². The molecular weight excluding hydrogens is 438 g/mol. The first-order valence-electron chi connectivity index (χ1n) is 9.02. The van der Waals surface area contributed by atoms with Crippen LogP contribution in [-0.2, 0) is 36.2 Å². The zero-order valence-corrected chi connectivity index (χ0v) is 17.4. The SMILES string of the molecule is CN=C(NOC(=O)CCCC(N)=O)[C@@H]1c2c(cnn2C)[C@@H]2CN1C(=O)N2OS(=O)(=O)O. The third-order valence-electron chi connectivity index (χ3n) is 4.78. The minimum absolute atomic E-state index is 0.00493. The van der Waals surface area contributed by atoms with Gasteiger partial charge in [-0.15, -0.1) is 4.28 Å². The number of carbonyl (C=O) groups is 3. The fourth-order valence-electron chi connectivity index (χ4n) is 3.50. The highest BCUT2D eigenvalue weighted by Gasteiger charge is 2.53. The lowest BCUT2D eigenvalue weighted by atomic mass is 9.97. The van der Waals surface area contributed by atoms with E-state index < -0.39 is 40.4 Å². The molecule has 1 aromatic heterocycles. The molecule has 3 amide bonds. The number of hydrogen-bond donors (Lipinski definition) is 3. The smallest absolute Gasteiger partial charge is 0.370 e. The molecule has 170 valence electrons. The van der Waals surface area contributed by atoms with Gasteiger partial charge in [0, 0.05) is 32.5 Å². The maximum Gasteiger partial charge on any atom is 0.418 e. The normalized spacial score (nSPS) is 20.6. The Morgan fingerprint density at radius 2 is 2.13 bits per heavy atom. The molecule has 1 fully saturated rings. The van der Waals surface area contributed by atoms with Gasteiger partial charge in [0.15, 0.2) is 5.84 Å². The first-order valence-corrected chi connectivity index (χ1v) is 10.4. The van der Waals surface area contributed by atoms with E-state index in [0.29, 0.717) is 16.3 Å². The minimum Gasteiger partial charge on any atom is -0.370 e. The van der Waals surface area contributed by atoms with Gasteiger partial charge < -0.3 is 15.5 Å². The number of nitrogens with two attached hydrogens (primary N) is 1. The number of rotatable bonds is 7. The Bertz CT molecular complexity index is 1040. The molecule has 2 bridgehead atoms. The van der Waals surface area contributed by atoms with Crippen molar-refractivity contribution in [1.82, 2.24) is 25.2 Å². The van der Waals surface area contributed by atoms with Crippen molar-refractivity contribution in [3.05, 3.63) is 17.5 Å². The second-order valence-electron chi connectivity index (χ2n) is 6.79. The molecule has 0 saturated carbocycles. The topological polar surface area (TPSA) is 199 Å². The Balaban J connectivity index is 1.82. The molecule has 2 atom stereocenters. The van der Waals surface area contributed by atoms with E-state index in [0.717, 1.165) is 0 Å². The average molecular weight is 459 g/mol. The molecule has 0 aliphatic carbocycles. The third-order valence-corrected chi connectivity index (χ3v) is 5.13. The van der Waals surface area contributed by atoms with E-state index in [-0.39, 0.29) is 31.6 Å². The number of nitrogens with zero attached hydrogens (tertiary/aromatic N) is 5. The fourth-order valence-corrected chi connectivity index (χ4v) is 3.87. The summed E-state index contributed by atoms with van der Waals surface area (Å²) in [5.74, 6) is -1.15. The van der Waals surface area contributed by atoms with Crippen LogP contribution in [0.2, 0.25) is 0 Å². The highest BCUT2D eigenvalue weighted by Crippen LogP contribution is 2.44. The molecule has 0 unspecified atom stereocenters. The number of aliphatic imine (C=N–C) groups is 1. The van der Waals surface area contributed by atoms with Crippen molar-refractivity contribution in [3.8, 4) is 0 Å². The Kier molecular flexibility index (Phi) is 6.14. The minimum atomic E-state index is -4.95. The molecule has 1 saturated heterocycles. The number of amidine groups is 1. The van der Waals surface area contributed by atoms with Gasteiger partial charge in [-0.2, -0.15) is 18.6 Å². The van der Waals surface area contributed by atoms with Crippen LogP contribution in [0.1, 0.15) is 42.6 Å². The van der Waals surface area contributed by atoms with Crippen LogP contribution in [0.25, 0.3) is 0 Å². The third kappa shape index (κ3) is 4.59. The summed E-state index contributed by atoms with van der Waals surface area (Å²) in [6.45, 7) is 0.00493. The van der Waals surface area contributed by atoms with Crippen molar-refractivity contribution in [2.75, 3.05) is 13.6 Å². The summed E-state index contributed by atoms with van der Waals surface area (Å²) in [7, 11) is -1.94. The van der Waals surface area contributed by atoms with Crippen LogP contribution in [0.4, 0.5) is 4.79 Å². The van der Waals surface area contributed by atoms with Crippen LogP contribution in [0.3, 0.4) is 0 Å². The Morgan fingerprint density at radius 3 is 2.74 bits per heavy atom. The van der Waals surface area contributed by atoms with Crippen molar-refractivity contribution in [2.45, 2.75) is 31.3 Å².